The normalized spacial score (nSPS) is 33.3. The van der Waals surface area contributed by atoms with Crippen molar-refractivity contribution in [3.63, 3.8) is 0 Å². The summed E-state index contributed by atoms with van der Waals surface area (Å²) >= 11 is 0. The first-order valence-corrected chi connectivity index (χ1v) is 10.2. The molecular weight excluding hydrogens is 326 g/mol. The first-order valence-electron chi connectivity index (χ1n) is 10.2. The van der Waals surface area contributed by atoms with E-state index < -0.39 is 0 Å². The second kappa shape index (κ2) is 8.42. The Bertz CT molecular complexity index is 587. The van der Waals surface area contributed by atoms with Crippen molar-refractivity contribution in [2.75, 3.05) is 26.2 Å². The third-order valence-corrected chi connectivity index (χ3v) is 6.33. The van der Waals surface area contributed by atoms with Crippen molar-refractivity contribution < 1.29 is 5.11 Å². The van der Waals surface area contributed by atoms with E-state index in [2.05, 4.69) is 46.7 Å². The highest BCUT2D eigenvalue weighted by molar-refractivity contribution is 5.80. The molecule has 6 nitrogen and oxygen atoms in total. The van der Waals surface area contributed by atoms with Crippen molar-refractivity contribution in [2.45, 2.75) is 65.0 Å². The number of imidazole rings is 1. The Balaban J connectivity index is 1.72. The molecule has 1 saturated carbocycles. The van der Waals surface area contributed by atoms with Gasteiger partial charge in [-0.3, -0.25) is 4.99 Å². The molecule has 4 atom stereocenters. The van der Waals surface area contributed by atoms with E-state index in [1.807, 2.05) is 12.5 Å². The predicted molar refractivity (Wildman–Crippen MR) is 105 cm³/mol. The number of aliphatic hydroxyl groups excluding tert-OH is 1. The Morgan fingerprint density at radius 3 is 2.92 bits per heavy atom. The molecule has 6 heteroatoms. The van der Waals surface area contributed by atoms with Gasteiger partial charge < -0.3 is 19.9 Å². The third kappa shape index (κ3) is 4.22. The van der Waals surface area contributed by atoms with Gasteiger partial charge in [0.25, 0.3) is 0 Å². The number of aliphatic imine (C=N–C) groups is 1. The lowest BCUT2D eigenvalue weighted by atomic mass is 9.73. The molecule has 0 aromatic carbocycles. The van der Waals surface area contributed by atoms with Gasteiger partial charge >= 0.3 is 0 Å². The van der Waals surface area contributed by atoms with Gasteiger partial charge in [0, 0.05) is 37.4 Å². The van der Waals surface area contributed by atoms with Crippen LogP contribution in [0.3, 0.4) is 0 Å². The molecule has 26 heavy (non-hydrogen) atoms. The predicted octanol–water partition coefficient (Wildman–Crippen LogP) is 2.67. The van der Waals surface area contributed by atoms with Crippen LogP contribution in [0.15, 0.2) is 23.7 Å². The molecule has 0 bridgehead atoms. The topological polar surface area (TPSA) is 65.7 Å². The van der Waals surface area contributed by atoms with Crippen LogP contribution in [0, 0.1) is 11.3 Å². The van der Waals surface area contributed by atoms with Crippen molar-refractivity contribution in [1.29, 1.82) is 0 Å². The van der Waals surface area contributed by atoms with E-state index in [0.29, 0.717) is 18.5 Å². The standard InChI is InChI=1S/C20H35N5O/c1-4-22-19(23-14-20(3)9-6-5-7-18(20)26)24-11-8-16(2)17(13-24)25-12-10-21-15-25/h10,12,15-18,26H,4-9,11,13-14H2,1-3H3,(H,22,23). The fourth-order valence-corrected chi connectivity index (χ4v) is 4.34. The molecular formula is C20H35N5O. The Labute approximate surface area is 157 Å². The van der Waals surface area contributed by atoms with Crippen LogP contribution < -0.4 is 5.32 Å². The lowest BCUT2D eigenvalue weighted by molar-refractivity contribution is 0.00697. The van der Waals surface area contributed by atoms with Crippen LogP contribution in [0.25, 0.3) is 0 Å². The molecule has 2 N–H and O–H groups in total. The molecule has 0 amide bonds. The zero-order valence-corrected chi connectivity index (χ0v) is 16.6. The number of guanidine groups is 1. The van der Waals surface area contributed by atoms with Crippen LogP contribution in [0.4, 0.5) is 0 Å². The van der Waals surface area contributed by atoms with Crippen LogP contribution in [0.1, 0.15) is 58.9 Å². The molecule has 2 aliphatic rings. The maximum absolute atomic E-state index is 10.5. The number of hydrogen-bond donors (Lipinski definition) is 2. The first-order chi connectivity index (χ1) is 12.5. The highest BCUT2D eigenvalue weighted by atomic mass is 16.3. The van der Waals surface area contributed by atoms with Gasteiger partial charge in [-0.2, -0.15) is 0 Å². The Morgan fingerprint density at radius 2 is 2.23 bits per heavy atom. The lowest BCUT2D eigenvalue weighted by Gasteiger charge is -2.40. The van der Waals surface area contributed by atoms with Gasteiger partial charge in [0.1, 0.15) is 0 Å². The summed E-state index contributed by atoms with van der Waals surface area (Å²) in [5.41, 5.74) is -0.0915. The number of likely N-dealkylation sites (tertiary alicyclic amines) is 1. The van der Waals surface area contributed by atoms with Gasteiger partial charge in [-0.1, -0.05) is 26.7 Å². The highest BCUT2D eigenvalue weighted by Gasteiger charge is 2.36. The summed E-state index contributed by atoms with van der Waals surface area (Å²) in [5, 5.41) is 13.9. The van der Waals surface area contributed by atoms with Gasteiger partial charge in [-0.25, -0.2) is 4.98 Å². The van der Waals surface area contributed by atoms with E-state index in [4.69, 9.17) is 4.99 Å². The summed E-state index contributed by atoms with van der Waals surface area (Å²) in [5.74, 6) is 1.62. The van der Waals surface area contributed by atoms with Gasteiger partial charge in [-0.15, -0.1) is 0 Å². The van der Waals surface area contributed by atoms with Crippen LogP contribution in [0.5, 0.6) is 0 Å². The van der Waals surface area contributed by atoms with Crippen LogP contribution in [-0.4, -0.2) is 57.8 Å². The lowest BCUT2D eigenvalue weighted by Crippen LogP contribution is -2.49. The number of nitrogens with one attached hydrogen (secondary N) is 1. The number of piperidine rings is 1. The third-order valence-electron chi connectivity index (χ3n) is 6.33. The summed E-state index contributed by atoms with van der Waals surface area (Å²) in [6.45, 7) is 10.2. The molecule has 1 aliphatic carbocycles. The van der Waals surface area contributed by atoms with Gasteiger partial charge in [-0.05, 0) is 32.1 Å². The minimum Gasteiger partial charge on any atom is -0.392 e. The molecule has 2 heterocycles. The number of aromatic nitrogens is 2. The Morgan fingerprint density at radius 1 is 1.38 bits per heavy atom. The van der Waals surface area contributed by atoms with Crippen LogP contribution in [-0.2, 0) is 0 Å². The minimum atomic E-state index is -0.233. The summed E-state index contributed by atoms with van der Waals surface area (Å²) in [6.07, 6.45) is 11.1. The summed E-state index contributed by atoms with van der Waals surface area (Å²) in [4.78, 5) is 11.6. The molecule has 1 aliphatic heterocycles. The Hall–Kier alpha value is -1.56. The monoisotopic (exact) mass is 361 g/mol. The van der Waals surface area contributed by atoms with Crippen LogP contribution in [0.2, 0.25) is 0 Å². The smallest absolute Gasteiger partial charge is 0.194 e. The number of hydrogen-bond acceptors (Lipinski definition) is 3. The highest BCUT2D eigenvalue weighted by Crippen LogP contribution is 2.36. The van der Waals surface area contributed by atoms with Gasteiger partial charge in [0.2, 0.25) is 0 Å². The first kappa shape index (κ1) is 19.2. The average molecular weight is 362 g/mol. The van der Waals surface area contributed by atoms with E-state index in [-0.39, 0.29) is 11.5 Å². The summed E-state index contributed by atoms with van der Waals surface area (Å²) in [7, 11) is 0. The van der Waals surface area contributed by atoms with Gasteiger partial charge in [0.05, 0.1) is 25.0 Å². The zero-order valence-electron chi connectivity index (χ0n) is 16.6. The molecule has 1 aromatic heterocycles. The molecule has 4 unspecified atom stereocenters. The van der Waals surface area contributed by atoms with Crippen molar-refractivity contribution >= 4 is 5.96 Å². The number of aliphatic hydroxyl groups is 1. The average Bonchev–Trinajstić information content (AvgIpc) is 3.16. The number of nitrogens with zero attached hydrogens (tertiary/aromatic N) is 4. The van der Waals surface area contributed by atoms with E-state index >= 15 is 0 Å². The fraction of sp³-hybridized carbons (Fsp3) is 0.800. The Kier molecular flexibility index (Phi) is 6.22. The maximum atomic E-state index is 10.5. The van der Waals surface area contributed by atoms with E-state index in [1.165, 1.54) is 6.42 Å². The largest absolute Gasteiger partial charge is 0.392 e. The van der Waals surface area contributed by atoms with Crippen molar-refractivity contribution in [3.8, 4) is 0 Å². The van der Waals surface area contributed by atoms with Crippen molar-refractivity contribution in [2.24, 2.45) is 16.3 Å². The summed E-state index contributed by atoms with van der Waals surface area (Å²) < 4.78 is 2.23. The van der Waals surface area contributed by atoms with Crippen molar-refractivity contribution in [3.05, 3.63) is 18.7 Å². The van der Waals surface area contributed by atoms with E-state index in [1.54, 1.807) is 0 Å². The number of rotatable bonds is 4. The van der Waals surface area contributed by atoms with E-state index in [9.17, 15) is 5.11 Å². The van der Waals surface area contributed by atoms with E-state index in [0.717, 1.165) is 51.3 Å². The molecule has 0 radical (unpaired) electrons. The molecule has 1 aromatic rings. The SMILES string of the molecule is CCNC(=NCC1(C)CCCCC1O)N1CCC(C)C(n2ccnc2)C1. The second-order valence-corrected chi connectivity index (χ2v) is 8.37. The molecule has 0 spiro atoms. The zero-order chi connectivity index (χ0) is 18.6. The van der Waals surface area contributed by atoms with Crippen molar-refractivity contribution in [1.82, 2.24) is 19.8 Å². The van der Waals surface area contributed by atoms with Crippen LogP contribution >= 0.6 is 0 Å². The molecule has 2 fully saturated rings. The molecule has 1 saturated heterocycles. The maximum Gasteiger partial charge on any atom is 0.194 e. The second-order valence-electron chi connectivity index (χ2n) is 8.37. The summed E-state index contributed by atoms with van der Waals surface area (Å²) in [6, 6.07) is 0.422. The fourth-order valence-electron chi connectivity index (χ4n) is 4.34. The minimum absolute atomic E-state index is 0.0915. The quantitative estimate of drug-likeness (QED) is 0.639. The molecule has 3 rings (SSSR count). The molecule has 146 valence electrons. The van der Waals surface area contributed by atoms with Gasteiger partial charge in [0.15, 0.2) is 5.96 Å².